The predicted octanol–water partition coefficient (Wildman–Crippen LogP) is 7.27. The lowest BCUT2D eigenvalue weighted by atomic mass is 9.53. The van der Waals surface area contributed by atoms with E-state index in [1.807, 2.05) is 0 Å². The summed E-state index contributed by atoms with van der Waals surface area (Å²) in [6, 6.07) is 5.69. The molecule has 0 spiro atoms. The Bertz CT molecular complexity index is 1670. The number of benzene rings is 2. The molecule has 250 valence electrons. The lowest BCUT2D eigenvalue weighted by molar-refractivity contribution is -0.348. The van der Waals surface area contributed by atoms with Gasteiger partial charge in [-0.1, -0.05) is 29.8 Å². The average molecular weight is 696 g/mol. The highest BCUT2D eigenvalue weighted by Gasteiger charge is 2.74. The molecule has 1 aliphatic heterocycles. The van der Waals surface area contributed by atoms with Gasteiger partial charge in [-0.05, 0) is 93.2 Å². The molecular formula is C31H29ClF7NO5S. The molecule has 2 bridgehead atoms. The summed E-state index contributed by atoms with van der Waals surface area (Å²) >= 11 is 5.98. The van der Waals surface area contributed by atoms with E-state index in [9.17, 15) is 49.5 Å². The molecule has 15 heteroatoms. The highest BCUT2D eigenvalue weighted by atomic mass is 35.5. The second-order valence-corrected chi connectivity index (χ2v) is 15.7. The van der Waals surface area contributed by atoms with Crippen molar-refractivity contribution in [1.29, 1.82) is 0 Å². The molecule has 46 heavy (non-hydrogen) atoms. The van der Waals surface area contributed by atoms with Crippen LogP contribution in [0.3, 0.4) is 0 Å². The quantitative estimate of drug-likeness (QED) is 0.333. The fourth-order valence-electron chi connectivity index (χ4n) is 8.43. The van der Waals surface area contributed by atoms with E-state index in [0.717, 1.165) is 6.07 Å². The lowest BCUT2D eigenvalue weighted by Gasteiger charge is -2.52. The first-order chi connectivity index (χ1) is 21.3. The van der Waals surface area contributed by atoms with Crippen molar-refractivity contribution >= 4 is 33.3 Å². The molecule has 5 aliphatic rings. The molecule has 0 aromatic heterocycles. The molecule has 2 unspecified atom stereocenters. The number of sulfone groups is 1. The molecule has 1 N–H and O–H groups in total. The van der Waals surface area contributed by atoms with Crippen molar-refractivity contribution in [1.82, 2.24) is 4.90 Å². The monoisotopic (exact) mass is 695 g/mol. The zero-order chi connectivity index (χ0) is 33.7. The van der Waals surface area contributed by atoms with E-state index >= 15 is 4.39 Å². The Kier molecular flexibility index (Phi) is 7.41. The Morgan fingerprint density at radius 2 is 1.37 bits per heavy atom. The van der Waals surface area contributed by atoms with Gasteiger partial charge in [-0.25, -0.2) is 12.8 Å². The summed E-state index contributed by atoms with van der Waals surface area (Å²) in [5.74, 6) is -1.25. The second kappa shape index (κ2) is 10.3. The van der Waals surface area contributed by atoms with Gasteiger partial charge in [0.25, 0.3) is 0 Å². The van der Waals surface area contributed by atoms with Gasteiger partial charge in [-0.2, -0.15) is 26.3 Å². The molecule has 4 aliphatic carbocycles. The van der Waals surface area contributed by atoms with E-state index in [1.165, 1.54) is 29.2 Å². The van der Waals surface area contributed by atoms with Crippen molar-refractivity contribution in [2.45, 2.75) is 91.5 Å². The number of carbonyl (C=O) groups excluding carboxylic acids is 1. The first kappa shape index (κ1) is 33.0. The minimum absolute atomic E-state index is 0.0680. The number of likely N-dealkylation sites (tertiary alicyclic amines) is 1. The summed E-state index contributed by atoms with van der Waals surface area (Å²) in [5.41, 5.74) is -9.49. The van der Waals surface area contributed by atoms with Gasteiger partial charge in [-0.15, -0.1) is 0 Å². The van der Waals surface area contributed by atoms with Crippen LogP contribution < -0.4 is 0 Å². The van der Waals surface area contributed by atoms with E-state index in [4.69, 9.17) is 11.6 Å². The van der Waals surface area contributed by atoms with Gasteiger partial charge in [0.1, 0.15) is 4.75 Å². The summed E-state index contributed by atoms with van der Waals surface area (Å²) in [6.45, 7) is -0.0680. The number of carboxylic acid groups (broad SMARTS) is 1. The van der Waals surface area contributed by atoms with Crippen LogP contribution in [-0.4, -0.2) is 55.2 Å². The van der Waals surface area contributed by atoms with Gasteiger partial charge in [-0.3, -0.25) is 9.59 Å². The van der Waals surface area contributed by atoms with Crippen molar-refractivity contribution in [3.8, 4) is 0 Å². The number of carbonyl (C=O) groups is 2. The van der Waals surface area contributed by atoms with Crippen molar-refractivity contribution in [2.75, 3.05) is 6.54 Å². The molecule has 0 radical (unpaired) electrons. The standard InChI is InChI=1S/C31H29ClF7NO5S/c32-20-3-5-21(6-4-20)46(44,45)28-15-16-40(24(41)26-9-12-27(13-10-26,14-11-26)25(42)43)23(28)8-1-18-17-19(2-7-22(18)28)29(33,30(34,35)36)31(37,38)39/h2-7,17,23H,1,8-16H2,(H,42,43). The van der Waals surface area contributed by atoms with Crippen molar-refractivity contribution in [2.24, 2.45) is 10.8 Å². The number of fused-ring (bicyclic) bond motifs is 6. The molecular weight excluding hydrogens is 667 g/mol. The van der Waals surface area contributed by atoms with E-state index < -0.39 is 61.0 Å². The number of hydrogen-bond acceptors (Lipinski definition) is 4. The minimum atomic E-state index is -6.35. The molecule has 2 aromatic rings. The molecule has 6 nitrogen and oxygen atoms in total. The van der Waals surface area contributed by atoms with Crippen LogP contribution in [0.5, 0.6) is 0 Å². The Balaban J connectivity index is 1.47. The first-order valence-corrected chi connectivity index (χ1v) is 16.6. The number of amides is 1. The molecule has 4 fully saturated rings. The van der Waals surface area contributed by atoms with Gasteiger partial charge < -0.3 is 10.0 Å². The first-order valence-electron chi connectivity index (χ1n) is 14.8. The number of rotatable bonds is 5. The van der Waals surface area contributed by atoms with Crippen LogP contribution in [0.1, 0.15) is 68.1 Å². The zero-order valence-corrected chi connectivity index (χ0v) is 25.7. The summed E-state index contributed by atoms with van der Waals surface area (Å²) in [6.07, 6.45) is -11.5. The third-order valence-corrected chi connectivity index (χ3v) is 13.9. The topological polar surface area (TPSA) is 91.8 Å². The Morgan fingerprint density at radius 1 is 0.826 bits per heavy atom. The maximum Gasteiger partial charge on any atom is 0.435 e. The second-order valence-electron chi connectivity index (χ2n) is 13.0. The fraction of sp³-hybridized carbons (Fsp3) is 0.548. The van der Waals surface area contributed by atoms with Crippen LogP contribution in [0, 0.1) is 10.8 Å². The summed E-state index contributed by atoms with van der Waals surface area (Å²) < 4.78 is 124. The average Bonchev–Trinajstić information content (AvgIpc) is 3.41. The Morgan fingerprint density at radius 3 is 1.89 bits per heavy atom. The molecule has 2 atom stereocenters. The van der Waals surface area contributed by atoms with Crippen molar-refractivity contribution in [3.05, 3.63) is 64.2 Å². The van der Waals surface area contributed by atoms with Gasteiger partial charge >= 0.3 is 24.0 Å². The smallest absolute Gasteiger partial charge is 0.435 e. The fourth-order valence-corrected chi connectivity index (χ4v) is 10.9. The van der Waals surface area contributed by atoms with Crippen LogP contribution >= 0.6 is 11.6 Å². The highest BCUT2D eigenvalue weighted by molar-refractivity contribution is 7.92. The Hall–Kier alpha value is -2.87. The summed E-state index contributed by atoms with van der Waals surface area (Å²) in [5, 5.41) is 10.0. The molecule has 7 rings (SSSR count). The number of nitrogens with zero attached hydrogens (tertiary/aromatic N) is 1. The van der Waals surface area contributed by atoms with E-state index in [2.05, 4.69) is 0 Å². The van der Waals surface area contributed by atoms with Crippen LogP contribution in [-0.2, 0) is 36.3 Å². The van der Waals surface area contributed by atoms with Gasteiger partial charge in [0.2, 0.25) is 5.91 Å². The number of aliphatic carboxylic acids is 1. The Labute approximate surface area is 264 Å². The molecule has 1 saturated heterocycles. The maximum absolute atomic E-state index is 15.1. The molecule has 1 heterocycles. The van der Waals surface area contributed by atoms with E-state index in [-0.39, 0.29) is 72.0 Å². The van der Waals surface area contributed by atoms with E-state index in [0.29, 0.717) is 31.4 Å². The molecule has 1 amide bonds. The molecule has 3 saturated carbocycles. The summed E-state index contributed by atoms with van der Waals surface area (Å²) in [7, 11) is -4.50. The zero-order valence-electron chi connectivity index (χ0n) is 24.1. The third-order valence-electron chi connectivity index (χ3n) is 11.1. The number of carboxylic acids is 1. The van der Waals surface area contributed by atoms with Gasteiger partial charge in [0, 0.05) is 22.5 Å². The van der Waals surface area contributed by atoms with Crippen LogP contribution in [0.2, 0.25) is 5.02 Å². The largest absolute Gasteiger partial charge is 0.481 e. The number of alkyl halides is 7. The van der Waals surface area contributed by atoms with Crippen molar-refractivity contribution in [3.63, 3.8) is 0 Å². The SMILES string of the molecule is O=C(O)C12CCC(C(=O)N3CCC4(S(=O)(=O)c5ccc(Cl)cc5)c5ccc(C(F)(C(F)(F)F)C(F)(F)F)cc5CCC34)(CC1)CC2. The normalized spacial score (nSPS) is 29.7. The predicted molar refractivity (Wildman–Crippen MR) is 150 cm³/mol. The van der Waals surface area contributed by atoms with Crippen molar-refractivity contribution < 1.29 is 53.8 Å². The highest BCUT2D eigenvalue weighted by Crippen LogP contribution is 2.61. The molecule has 2 aromatic carbocycles. The van der Waals surface area contributed by atoms with Crippen LogP contribution in [0.25, 0.3) is 0 Å². The number of halogens is 8. The third kappa shape index (κ3) is 4.37. The van der Waals surface area contributed by atoms with E-state index in [1.54, 1.807) is 0 Å². The minimum Gasteiger partial charge on any atom is -0.481 e. The maximum atomic E-state index is 15.1. The summed E-state index contributed by atoms with van der Waals surface area (Å²) in [4.78, 5) is 27.6. The lowest BCUT2D eigenvalue weighted by Crippen LogP contribution is -2.57. The van der Waals surface area contributed by atoms with Crippen LogP contribution in [0.15, 0.2) is 47.4 Å². The number of hydrogen-bond donors (Lipinski definition) is 1. The van der Waals surface area contributed by atoms with Gasteiger partial charge in [0.15, 0.2) is 9.84 Å². The van der Waals surface area contributed by atoms with Crippen LogP contribution in [0.4, 0.5) is 30.7 Å². The van der Waals surface area contributed by atoms with Gasteiger partial charge in [0.05, 0.1) is 16.4 Å². The number of aryl methyl sites for hydroxylation is 1.